The molecule has 2 N–H and O–H groups in total. The number of halogens is 1. The van der Waals surface area contributed by atoms with Crippen LogP contribution in [0.5, 0.6) is 0 Å². The fraction of sp³-hybridized carbons (Fsp3) is 0.630. The lowest BCUT2D eigenvalue weighted by Crippen LogP contribution is -2.59. The van der Waals surface area contributed by atoms with Crippen LogP contribution in [0.3, 0.4) is 0 Å². The Balaban J connectivity index is 1.45. The fourth-order valence-electron chi connectivity index (χ4n) is 5.90. The average molecular weight is 516 g/mol. The third-order valence-corrected chi connectivity index (χ3v) is 8.18. The van der Waals surface area contributed by atoms with Crippen LogP contribution in [-0.4, -0.2) is 97.2 Å². The number of hydrogen-bond acceptors (Lipinski definition) is 5. The molecule has 2 atom stereocenters. The number of rotatable bonds is 1. The first-order chi connectivity index (χ1) is 17.6. The van der Waals surface area contributed by atoms with Crippen LogP contribution in [0, 0.1) is 17.7 Å². The summed E-state index contributed by atoms with van der Waals surface area (Å²) in [6, 6.07) is 5.43. The van der Waals surface area contributed by atoms with Crippen molar-refractivity contribution in [2.75, 3.05) is 53.4 Å². The van der Waals surface area contributed by atoms with Crippen LogP contribution < -0.4 is 10.6 Å². The summed E-state index contributed by atoms with van der Waals surface area (Å²) < 4.78 is 13.3. The van der Waals surface area contributed by atoms with Crippen molar-refractivity contribution in [1.29, 1.82) is 0 Å². The standard InChI is InChI=1S/C27H38FN5O4/c1-31-12-8-20-15-25(36)32(2)18-24(35)30-27(16-23(34)29-11-7-21(20)17-31)9-13-33(14-10-27)26(37)19-3-5-22(28)6-4-19/h3-6,20-21H,7-18H2,1-2H3,(H,29,34)(H,30,35)/t20-,21-/m0/s1. The first-order valence-electron chi connectivity index (χ1n) is 13.2. The Morgan fingerprint density at radius 1 is 0.973 bits per heavy atom. The summed E-state index contributed by atoms with van der Waals surface area (Å²) in [6.45, 7) is 2.99. The number of carbonyl (C=O) groups is 4. The predicted octanol–water partition coefficient (Wildman–Crippen LogP) is 1.24. The number of carbonyl (C=O) groups excluding carboxylic acids is 4. The number of nitrogens with zero attached hydrogens (tertiary/aromatic N) is 3. The van der Waals surface area contributed by atoms with Crippen molar-refractivity contribution in [3.05, 3.63) is 35.6 Å². The zero-order chi connectivity index (χ0) is 26.6. The molecular formula is C27H38FN5O4. The van der Waals surface area contributed by atoms with Gasteiger partial charge in [-0.3, -0.25) is 19.2 Å². The minimum atomic E-state index is -0.803. The SMILES string of the molecule is CN1CC[C@H]2CC(=O)N(C)CC(=O)NC3(CCN(C(=O)c4ccc(F)cc4)CC3)CC(=O)NCC[C@H]2C1. The molecule has 3 heterocycles. The third kappa shape index (κ3) is 6.85. The topological polar surface area (TPSA) is 102 Å². The molecule has 0 aliphatic carbocycles. The van der Waals surface area contributed by atoms with Crippen molar-refractivity contribution in [2.45, 2.75) is 44.1 Å². The van der Waals surface area contributed by atoms with E-state index in [2.05, 4.69) is 22.6 Å². The van der Waals surface area contributed by atoms with E-state index in [9.17, 15) is 23.6 Å². The molecule has 3 aliphatic rings. The van der Waals surface area contributed by atoms with Crippen LogP contribution in [-0.2, 0) is 14.4 Å². The summed E-state index contributed by atoms with van der Waals surface area (Å²) in [6.07, 6.45) is 3.07. The van der Waals surface area contributed by atoms with E-state index < -0.39 is 11.4 Å². The monoisotopic (exact) mass is 515 g/mol. The molecule has 0 radical (unpaired) electrons. The molecule has 0 saturated carbocycles. The molecule has 4 amide bonds. The van der Waals surface area contributed by atoms with Crippen LogP contribution >= 0.6 is 0 Å². The maximum absolute atomic E-state index is 13.3. The molecule has 0 bridgehead atoms. The molecule has 4 rings (SSSR count). The summed E-state index contributed by atoms with van der Waals surface area (Å²) in [4.78, 5) is 57.3. The Labute approximate surface area is 217 Å². The number of likely N-dealkylation sites (N-methyl/N-ethyl adjacent to an activating group) is 1. The molecule has 37 heavy (non-hydrogen) atoms. The van der Waals surface area contributed by atoms with Gasteiger partial charge >= 0.3 is 0 Å². The van der Waals surface area contributed by atoms with Crippen molar-refractivity contribution in [3.63, 3.8) is 0 Å². The smallest absolute Gasteiger partial charge is 0.253 e. The molecule has 3 saturated heterocycles. The first-order valence-corrected chi connectivity index (χ1v) is 13.2. The molecule has 1 spiro atoms. The van der Waals surface area contributed by atoms with Gasteiger partial charge in [-0.1, -0.05) is 0 Å². The van der Waals surface area contributed by atoms with Gasteiger partial charge in [0, 0.05) is 51.6 Å². The molecule has 10 heteroatoms. The van der Waals surface area contributed by atoms with Gasteiger partial charge in [-0.2, -0.15) is 0 Å². The van der Waals surface area contributed by atoms with E-state index in [0.717, 1.165) is 25.9 Å². The van der Waals surface area contributed by atoms with Crippen molar-refractivity contribution >= 4 is 23.6 Å². The Kier molecular flexibility index (Phi) is 8.46. The number of nitrogens with one attached hydrogen (secondary N) is 2. The zero-order valence-corrected chi connectivity index (χ0v) is 21.8. The van der Waals surface area contributed by atoms with Crippen molar-refractivity contribution in [2.24, 2.45) is 11.8 Å². The second-order valence-corrected chi connectivity index (χ2v) is 11.0. The Morgan fingerprint density at radius 2 is 1.68 bits per heavy atom. The average Bonchev–Trinajstić information content (AvgIpc) is 2.85. The van der Waals surface area contributed by atoms with Gasteiger partial charge in [0.2, 0.25) is 17.7 Å². The molecule has 9 nitrogen and oxygen atoms in total. The van der Waals surface area contributed by atoms with Crippen molar-refractivity contribution in [3.8, 4) is 0 Å². The van der Waals surface area contributed by atoms with E-state index in [-0.39, 0.29) is 42.5 Å². The lowest BCUT2D eigenvalue weighted by Gasteiger charge is -2.42. The summed E-state index contributed by atoms with van der Waals surface area (Å²) in [5.41, 5.74) is -0.403. The number of benzene rings is 1. The quantitative estimate of drug-likeness (QED) is 0.586. The number of fused-ring (bicyclic) bond motifs is 1. The minimum absolute atomic E-state index is 0.0374. The van der Waals surface area contributed by atoms with Crippen molar-refractivity contribution in [1.82, 2.24) is 25.3 Å². The first kappa shape index (κ1) is 27.0. The highest BCUT2D eigenvalue weighted by atomic mass is 19.1. The second kappa shape index (κ2) is 11.6. The maximum atomic E-state index is 13.3. The van der Waals surface area contributed by atoms with Gasteiger partial charge in [0.1, 0.15) is 5.82 Å². The third-order valence-electron chi connectivity index (χ3n) is 8.18. The van der Waals surface area contributed by atoms with Crippen LogP contribution in [0.25, 0.3) is 0 Å². The summed E-state index contributed by atoms with van der Waals surface area (Å²) in [5.74, 6) is -0.531. The van der Waals surface area contributed by atoms with Crippen LogP contribution in [0.15, 0.2) is 24.3 Å². The second-order valence-electron chi connectivity index (χ2n) is 11.0. The van der Waals surface area contributed by atoms with E-state index in [1.165, 1.54) is 29.2 Å². The molecule has 0 unspecified atom stereocenters. The van der Waals surface area contributed by atoms with E-state index in [1.807, 2.05) is 0 Å². The lowest BCUT2D eigenvalue weighted by molar-refractivity contribution is -0.137. The Morgan fingerprint density at radius 3 is 2.38 bits per heavy atom. The van der Waals surface area contributed by atoms with Crippen LogP contribution in [0.4, 0.5) is 4.39 Å². The summed E-state index contributed by atoms with van der Waals surface area (Å²) in [7, 11) is 3.73. The summed E-state index contributed by atoms with van der Waals surface area (Å²) >= 11 is 0. The highest BCUT2D eigenvalue weighted by Gasteiger charge is 2.40. The van der Waals surface area contributed by atoms with Gasteiger partial charge in [-0.25, -0.2) is 4.39 Å². The molecule has 202 valence electrons. The molecule has 1 aromatic rings. The van der Waals surface area contributed by atoms with Gasteiger partial charge in [0.25, 0.3) is 5.91 Å². The number of amides is 4. The zero-order valence-electron chi connectivity index (χ0n) is 21.8. The Hall–Kier alpha value is -3.01. The van der Waals surface area contributed by atoms with Gasteiger partial charge in [-0.05, 0) is 75.4 Å². The number of hydrogen-bond donors (Lipinski definition) is 2. The van der Waals surface area contributed by atoms with E-state index >= 15 is 0 Å². The van der Waals surface area contributed by atoms with E-state index in [4.69, 9.17) is 0 Å². The van der Waals surface area contributed by atoms with E-state index in [0.29, 0.717) is 50.4 Å². The van der Waals surface area contributed by atoms with Gasteiger partial charge in [0.15, 0.2) is 0 Å². The van der Waals surface area contributed by atoms with Crippen LogP contribution in [0.1, 0.15) is 48.9 Å². The highest BCUT2D eigenvalue weighted by Crippen LogP contribution is 2.30. The largest absolute Gasteiger partial charge is 0.356 e. The number of piperidine rings is 2. The maximum Gasteiger partial charge on any atom is 0.253 e. The minimum Gasteiger partial charge on any atom is -0.356 e. The molecule has 3 aliphatic heterocycles. The van der Waals surface area contributed by atoms with Gasteiger partial charge in [-0.15, -0.1) is 0 Å². The fourth-order valence-corrected chi connectivity index (χ4v) is 5.90. The molecule has 0 aromatic heterocycles. The normalized spacial score (nSPS) is 26.2. The number of likely N-dealkylation sites (tertiary alicyclic amines) is 2. The molecule has 1 aromatic carbocycles. The van der Waals surface area contributed by atoms with Crippen molar-refractivity contribution < 1.29 is 23.6 Å². The van der Waals surface area contributed by atoms with Gasteiger partial charge in [0.05, 0.1) is 12.1 Å². The highest BCUT2D eigenvalue weighted by molar-refractivity contribution is 5.94. The lowest BCUT2D eigenvalue weighted by atomic mass is 9.80. The van der Waals surface area contributed by atoms with Crippen LogP contribution in [0.2, 0.25) is 0 Å². The Bertz CT molecular complexity index is 1010. The molecular weight excluding hydrogens is 477 g/mol. The summed E-state index contributed by atoms with van der Waals surface area (Å²) in [5, 5.41) is 6.08. The van der Waals surface area contributed by atoms with E-state index in [1.54, 1.807) is 11.9 Å². The van der Waals surface area contributed by atoms with Gasteiger partial charge < -0.3 is 25.3 Å². The predicted molar refractivity (Wildman–Crippen MR) is 136 cm³/mol. The molecule has 3 fully saturated rings.